The van der Waals surface area contributed by atoms with Gasteiger partial charge >= 0.3 is 0 Å². The normalized spacial score (nSPS) is 12.0. The van der Waals surface area contributed by atoms with Crippen LogP contribution in [0.5, 0.6) is 0 Å². The number of para-hydroxylation sites is 1. The Morgan fingerprint density at radius 2 is 1.65 bits per heavy atom. The number of benzene rings is 1. The lowest BCUT2D eigenvalue weighted by molar-refractivity contribution is 1.35. The summed E-state index contributed by atoms with van der Waals surface area (Å²) in [5.74, 6) is 0. The molecule has 5 aromatic rings. The van der Waals surface area contributed by atoms with Crippen LogP contribution in [-0.2, 0) is 0 Å². The Morgan fingerprint density at radius 3 is 2.65 bits per heavy atom. The van der Waals surface area contributed by atoms with E-state index in [1.807, 2.05) is 36.8 Å². The molecule has 94 valence electrons. The van der Waals surface area contributed by atoms with Crippen LogP contribution < -0.4 is 0 Å². The first kappa shape index (κ1) is 9.97. The third-order valence-corrected chi connectivity index (χ3v) is 3.89. The Hall–Kier alpha value is -2.88. The molecule has 0 bridgehead atoms. The highest BCUT2D eigenvalue weighted by Gasteiger charge is 2.12. The Bertz CT molecular complexity index is 1010. The zero-order valence-electron chi connectivity index (χ0n) is 10.5. The maximum Gasteiger partial charge on any atom is 0.0979 e. The predicted octanol–water partition coefficient (Wildman–Crippen LogP) is 3.75. The Morgan fingerprint density at radius 1 is 0.750 bits per heavy atom. The molecule has 0 fully saturated rings. The van der Waals surface area contributed by atoms with E-state index < -0.39 is 0 Å². The molecule has 0 radical (unpaired) electrons. The summed E-state index contributed by atoms with van der Waals surface area (Å²) < 4.78 is 0. The summed E-state index contributed by atoms with van der Waals surface area (Å²) in [4.78, 5) is 15.7. The summed E-state index contributed by atoms with van der Waals surface area (Å²) in [7, 11) is 0. The molecule has 0 saturated heterocycles. The molecule has 4 nitrogen and oxygen atoms in total. The molecule has 0 atom stereocenters. The van der Waals surface area contributed by atoms with E-state index in [2.05, 4.69) is 32.1 Å². The van der Waals surface area contributed by atoms with Gasteiger partial charge in [-0.2, -0.15) is 0 Å². The third kappa shape index (κ3) is 1.11. The van der Waals surface area contributed by atoms with E-state index >= 15 is 0 Å². The zero-order chi connectivity index (χ0) is 13.1. The second-order valence-corrected chi connectivity index (χ2v) is 4.99. The summed E-state index contributed by atoms with van der Waals surface area (Å²) in [6.07, 6.45) is 5.60. The first-order chi connectivity index (χ1) is 9.92. The number of hydrogen-bond acceptors (Lipinski definition) is 2. The zero-order valence-corrected chi connectivity index (χ0v) is 10.5. The lowest BCUT2D eigenvalue weighted by atomic mass is 10.2. The van der Waals surface area contributed by atoms with Crippen molar-refractivity contribution in [1.82, 2.24) is 19.9 Å². The van der Waals surface area contributed by atoms with Gasteiger partial charge in [0, 0.05) is 34.1 Å². The predicted molar refractivity (Wildman–Crippen MR) is 80.8 cm³/mol. The van der Waals surface area contributed by atoms with Crippen LogP contribution in [-0.4, -0.2) is 19.9 Å². The molecule has 0 spiro atoms. The minimum atomic E-state index is 1.01. The van der Waals surface area contributed by atoms with Gasteiger partial charge in [0.05, 0.1) is 28.3 Å². The van der Waals surface area contributed by atoms with Crippen LogP contribution >= 0.6 is 0 Å². The van der Waals surface area contributed by atoms with Crippen LogP contribution in [0, 0.1) is 0 Å². The summed E-state index contributed by atoms with van der Waals surface area (Å²) in [5.41, 5.74) is 5.30. The van der Waals surface area contributed by atoms with Gasteiger partial charge in [0.25, 0.3) is 0 Å². The van der Waals surface area contributed by atoms with Crippen LogP contribution in [0.15, 0.2) is 48.9 Å². The molecule has 4 heterocycles. The summed E-state index contributed by atoms with van der Waals surface area (Å²) >= 11 is 0. The highest BCUT2D eigenvalue weighted by Crippen LogP contribution is 2.32. The number of nitrogens with one attached hydrogen (secondary N) is 2. The number of aromatic nitrogens is 4. The van der Waals surface area contributed by atoms with Crippen molar-refractivity contribution in [2.24, 2.45) is 0 Å². The van der Waals surface area contributed by atoms with Crippen LogP contribution in [0.3, 0.4) is 0 Å². The smallest absolute Gasteiger partial charge is 0.0979 e. The first-order valence-electron chi connectivity index (χ1n) is 6.52. The highest BCUT2D eigenvalue weighted by atomic mass is 14.8. The summed E-state index contributed by atoms with van der Waals surface area (Å²) in [6.45, 7) is 0. The number of hydrogen-bond donors (Lipinski definition) is 2. The van der Waals surface area contributed by atoms with Gasteiger partial charge in [0.1, 0.15) is 0 Å². The molecule has 2 N–H and O–H groups in total. The van der Waals surface area contributed by atoms with Crippen molar-refractivity contribution in [3.05, 3.63) is 48.9 Å². The lowest BCUT2D eigenvalue weighted by Crippen LogP contribution is -1.77. The van der Waals surface area contributed by atoms with Gasteiger partial charge in [-0.15, -0.1) is 0 Å². The Labute approximate surface area is 113 Å². The minimum absolute atomic E-state index is 1.01. The van der Waals surface area contributed by atoms with Crippen molar-refractivity contribution >= 4 is 43.7 Å². The molecule has 0 aliphatic heterocycles. The van der Waals surface area contributed by atoms with E-state index in [1.54, 1.807) is 0 Å². The van der Waals surface area contributed by atoms with E-state index in [0.29, 0.717) is 0 Å². The SMILES string of the molecule is c1ccc2c(c1)[nH]c1c2ncc2c3ccncc3[nH]c21. The van der Waals surface area contributed by atoms with Crippen molar-refractivity contribution in [2.75, 3.05) is 0 Å². The number of fused-ring (bicyclic) bond motifs is 7. The molecule has 0 amide bonds. The number of aromatic amines is 2. The molecular formula is C16H10N4. The van der Waals surface area contributed by atoms with Gasteiger partial charge < -0.3 is 9.97 Å². The number of pyridine rings is 2. The van der Waals surface area contributed by atoms with Gasteiger partial charge in [-0.05, 0) is 12.1 Å². The second kappa shape index (κ2) is 3.36. The number of nitrogens with zero attached hydrogens (tertiary/aromatic N) is 2. The van der Waals surface area contributed by atoms with E-state index in [0.717, 1.165) is 43.7 Å². The number of H-pyrrole nitrogens is 2. The van der Waals surface area contributed by atoms with Crippen LogP contribution in [0.25, 0.3) is 43.7 Å². The van der Waals surface area contributed by atoms with Gasteiger partial charge in [-0.1, -0.05) is 18.2 Å². The van der Waals surface area contributed by atoms with Crippen molar-refractivity contribution in [3.8, 4) is 0 Å². The van der Waals surface area contributed by atoms with Crippen LogP contribution in [0.2, 0.25) is 0 Å². The first-order valence-corrected chi connectivity index (χ1v) is 6.52. The maximum atomic E-state index is 4.65. The van der Waals surface area contributed by atoms with E-state index in [4.69, 9.17) is 0 Å². The minimum Gasteiger partial charge on any atom is -0.351 e. The average molecular weight is 258 g/mol. The van der Waals surface area contributed by atoms with E-state index in [-0.39, 0.29) is 0 Å². The van der Waals surface area contributed by atoms with Gasteiger partial charge in [-0.25, -0.2) is 0 Å². The van der Waals surface area contributed by atoms with Crippen LogP contribution in [0.4, 0.5) is 0 Å². The fraction of sp³-hybridized carbons (Fsp3) is 0. The third-order valence-electron chi connectivity index (χ3n) is 3.89. The van der Waals surface area contributed by atoms with E-state index in [1.165, 1.54) is 0 Å². The van der Waals surface area contributed by atoms with Gasteiger partial charge in [-0.3, -0.25) is 9.97 Å². The average Bonchev–Trinajstić information content (AvgIpc) is 3.05. The second-order valence-electron chi connectivity index (χ2n) is 4.99. The Balaban J connectivity index is 2.10. The largest absolute Gasteiger partial charge is 0.351 e. The monoisotopic (exact) mass is 258 g/mol. The maximum absolute atomic E-state index is 4.65. The van der Waals surface area contributed by atoms with Crippen molar-refractivity contribution < 1.29 is 0 Å². The fourth-order valence-corrected chi connectivity index (χ4v) is 2.97. The van der Waals surface area contributed by atoms with E-state index in [9.17, 15) is 0 Å². The van der Waals surface area contributed by atoms with Gasteiger partial charge in [0.15, 0.2) is 0 Å². The molecule has 4 heteroatoms. The fourth-order valence-electron chi connectivity index (χ4n) is 2.97. The summed E-state index contributed by atoms with van der Waals surface area (Å²) in [6, 6.07) is 10.3. The standard InChI is InChI=1S/C16H10N4/c1-2-4-12-10(3-1)14-16(19-12)15-11(7-18-14)9-5-6-17-8-13(9)20-15/h1-8,19-20H. The van der Waals surface area contributed by atoms with Crippen molar-refractivity contribution in [1.29, 1.82) is 0 Å². The highest BCUT2D eigenvalue weighted by molar-refractivity contribution is 6.19. The molecule has 4 aromatic heterocycles. The number of rotatable bonds is 0. The Kier molecular flexibility index (Phi) is 1.68. The van der Waals surface area contributed by atoms with Crippen LogP contribution in [0.1, 0.15) is 0 Å². The molecular weight excluding hydrogens is 248 g/mol. The molecule has 5 rings (SSSR count). The quantitative estimate of drug-likeness (QED) is 0.444. The molecule has 1 aromatic carbocycles. The molecule has 20 heavy (non-hydrogen) atoms. The molecule has 0 aliphatic carbocycles. The topological polar surface area (TPSA) is 57.4 Å². The van der Waals surface area contributed by atoms with Crippen molar-refractivity contribution in [2.45, 2.75) is 0 Å². The lowest BCUT2D eigenvalue weighted by Gasteiger charge is -1.93. The summed E-state index contributed by atoms with van der Waals surface area (Å²) in [5, 5.41) is 3.44. The van der Waals surface area contributed by atoms with Gasteiger partial charge in [0.2, 0.25) is 0 Å². The molecule has 0 aliphatic rings. The van der Waals surface area contributed by atoms with Crippen molar-refractivity contribution in [3.63, 3.8) is 0 Å². The molecule has 0 saturated carbocycles. The molecule has 0 unspecified atom stereocenters.